The van der Waals surface area contributed by atoms with E-state index < -0.39 is 29.1 Å². The number of carbonyl (C=O) groups is 2. The lowest BCUT2D eigenvalue weighted by Crippen LogP contribution is -2.60. The maximum atomic E-state index is 11.7. The van der Waals surface area contributed by atoms with Gasteiger partial charge in [-0.1, -0.05) is 0 Å². The second-order valence-corrected chi connectivity index (χ2v) is 5.70. The quantitative estimate of drug-likeness (QED) is 0.796. The number of aliphatic carboxylic acids is 1. The monoisotopic (exact) mass is 243 g/mol. The highest BCUT2D eigenvalue weighted by Gasteiger charge is 2.47. The molecule has 0 bridgehead atoms. The smallest absolute Gasteiger partial charge is 0.408 e. The van der Waals surface area contributed by atoms with E-state index >= 15 is 0 Å². The van der Waals surface area contributed by atoms with E-state index in [0.29, 0.717) is 12.8 Å². The van der Waals surface area contributed by atoms with Crippen LogP contribution in [-0.2, 0) is 9.53 Å². The molecule has 0 heterocycles. The molecule has 0 aliphatic heterocycles. The molecule has 1 rings (SSSR count). The molecule has 0 aromatic heterocycles. The van der Waals surface area contributed by atoms with Crippen molar-refractivity contribution in [3.63, 3.8) is 0 Å². The number of hydrogen-bond donors (Lipinski definition) is 2. The number of alkyl carbamates (subject to hydrolysis) is 1. The van der Waals surface area contributed by atoms with Gasteiger partial charge in [0, 0.05) is 0 Å². The Labute approximate surface area is 102 Å². The summed E-state index contributed by atoms with van der Waals surface area (Å²) in [6, 6.07) is 0. The third kappa shape index (κ3) is 3.35. The van der Waals surface area contributed by atoms with Crippen molar-refractivity contribution >= 4 is 12.1 Å². The molecule has 1 aliphatic carbocycles. The number of carbonyl (C=O) groups excluding carboxylic acids is 1. The van der Waals surface area contributed by atoms with Crippen molar-refractivity contribution in [1.29, 1.82) is 0 Å². The molecule has 1 fully saturated rings. The third-order valence-corrected chi connectivity index (χ3v) is 3.19. The van der Waals surface area contributed by atoms with E-state index in [1.807, 2.05) is 0 Å². The van der Waals surface area contributed by atoms with Crippen LogP contribution in [0.1, 0.15) is 47.0 Å². The van der Waals surface area contributed by atoms with Gasteiger partial charge in [-0.15, -0.1) is 0 Å². The van der Waals surface area contributed by atoms with E-state index in [1.54, 1.807) is 27.7 Å². The Hall–Kier alpha value is -1.26. The first-order valence-electron chi connectivity index (χ1n) is 5.90. The van der Waals surface area contributed by atoms with Crippen molar-refractivity contribution in [1.82, 2.24) is 5.32 Å². The molecule has 5 nitrogen and oxygen atoms in total. The Morgan fingerprint density at radius 1 is 1.35 bits per heavy atom. The Kier molecular flexibility index (Phi) is 3.69. The van der Waals surface area contributed by atoms with Crippen molar-refractivity contribution in [2.24, 2.45) is 5.92 Å². The van der Waals surface area contributed by atoms with E-state index in [4.69, 9.17) is 9.84 Å². The minimum atomic E-state index is -0.888. The van der Waals surface area contributed by atoms with Gasteiger partial charge >= 0.3 is 12.1 Å². The first kappa shape index (κ1) is 13.8. The van der Waals surface area contributed by atoms with Crippen molar-refractivity contribution < 1.29 is 19.4 Å². The van der Waals surface area contributed by atoms with Crippen molar-refractivity contribution in [2.75, 3.05) is 0 Å². The number of amides is 1. The minimum absolute atomic E-state index is 0.537. The topological polar surface area (TPSA) is 75.6 Å². The van der Waals surface area contributed by atoms with Gasteiger partial charge in [-0.3, -0.25) is 4.79 Å². The lowest BCUT2D eigenvalue weighted by Gasteiger charge is -2.45. The van der Waals surface area contributed by atoms with Gasteiger partial charge in [0.25, 0.3) is 0 Å². The molecule has 1 saturated carbocycles. The number of carboxylic acids is 1. The summed E-state index contributed by atoms with van der Waals surface area (Å²) in [6.07, 6.45) is 1.79. The predicted molar refractivity (Wildman–Crippen MR) is 62.8 cm³/mol. The first-order chi connectivity index (χ1) is 7.66. The third-order valence-electron chi connectivity index (χ3n) is 3.19. The average molecular weight is 243 g/mol. The fourth-order valence-electron chi connectivity index (χ4n) is 1.97. The molecule has 1 atom stereocenters. The summed E-state index contributed by atoms with van der Waals surface area (Å²) in [4.78, 5) is 22.7. The zero-order valence-corrected chi connectivity index (χ0v) is 10.9. The Morgan fingerprint density at radius 2 is 1.88 bits per heavy atom. The summed E-state index contributed by atoms with van der Waals surface area (Å²) < 4.78 is 5.16. The number of nitrogens with one attached hydrogen (secondary N) is 1. The summed E-state index contributed by atoms with van der Waals surface area (Å²) >= 11 is 0. The lowest BCUT2D eigenvalue weighted by molar-refractivity contribution is -0.145. The van der Waals surface area contributed by atoms with Crippen LogP contribution >= 0.6 is 0 Å². The van der Waals surface area contributed by atoms with Gasteiger partial charge in [-0.2, -0.15) is 0 Å². The highest BCUT2D eigenvalue weighted by molar-refractivity contribution is 5.75. The van der Waals surface area contributed by atoms with Gasteiger partial charge in [0.05, 0.1) is 11.5 Å². The van der Waals surface area contributed by atoms with Crippen LogP contribution in [-0.4, -0.2) is 28.3 Å². The predicted octanol–water partition coefficient (Wildman–Crippen LogP) is 2.15. The second-order valence-electron chi connectivity index (χ2n) is 5.70. The first-order valence-corrected chi connectivity index (χ1v) is 5.90. The summed E-state index contributed by atoms with van der Waals surface area (Å²) in [6.45, 7) is 6.96. The number of carboxylic acid groups (broad SMARTS) is 1. The van der Waals surface area contributed by atoms with Crippen molar-refractivity contribution in [3.8, 4) is 0 Å². The minimum Gasteiger partial charge on any atom is -0.481 e. The standard InChI is InChI=1S/C12H21NO4/c1-8(9(14)15)12(6-5-7-12)13-10(16)17-11(2,3)4/h8H,5-7H2,1-4H3,(H,13,16)(H,14,15). The van der Waals surface area contributed by atoms with Crippen molar-refractivity contribution in [3.05, 3.63) is 0 Å². The van der Waals surface area contributed by atoms with Crippen molar-refractivity contribution in [2.45, 2.75) is 58.1 Å². The molecule has 0 spiro atoms. The number of hydrogen-bond acceptors (Lipinski definition) is 3. The van der Waals surface area contributed by atoms with E-state index in [2.05, 4.69) is 5.32 Å². The number of rotatable bonds is 3. The van der Waals surface area contributed by atoms with Crippen LogP contribution in [0.3, 0.4) is 0 Å². The molecule has 0 aromatic rings. The summed E-state index contributed by atoms with van der Waals surface area (Å²) in [7, 11) is 0. The summed E-state index contributed by atoms with van der Waals surface area (Å²) in [5.41, 5.74) is -1.20. The highest BCUT2D eigenvalue weighted by atomic mass is 16.6. The van der Waals surface area contributed by atoms with Gasteiger partial charge in [0.1, 0.15) is 5.60 Å². The Bertz CT molecular complexity index is 315. The molecule has 0 saturated heterocycles. The SMILES string of the molecule is CC(C(=O)O)C1(NC(=O)OC(C)(C)C)CCC1. The van der Waals surface area contributed by atoms with Crippen LogP contribution < -0.4 is 5.32 Å². The van der Waals surface area contributed by atoms with E-state index in [0.717, 1.165) is 6.42 Å². The zero-order valence-electron chi connectivity index (χ0n) is 10.9. The van der Waals surface area contributed by atoms with Crippen LogP contribution in [0.25, 0.3) is 0 Å². The van der Waals surface area contributed by atoms with E-state index in [9.17, 15) is 9.59 Å². The molecule has 2 N–H and O–H groups in total. The Balaban J connectivity index is 2.64. The van der Waals surface area contributed by atoms with Crippen LogP contribution in [0.4, 0.5) is 4.79 Å². The maximum absolute atomic E-state index is 11.7. The number of ether oxygens (including phenoxy) is 1. The van der Waals surface area contributed by atoms with Gasteiger partial charge in [0.15, 0.2) is 0 Å². The van der Waals surface area contributed by atoms with E-state index in [1.165, 1.54) is 0 Å². The second kappa shape index (κ2) is 4.55. The molecule has 0 radical (unpaired) electrons. The fourth-order valence-corrected chi connectivity index (χ4v) is 1.97. The van der Waals surface area contributed by atoms with Crippen LogP contribution in [0.15, 0.2) is 0 Å². The van der Waals surface area contributed by atoms with Crippen LogP contribution in [0.5, 0.6) is 0 Å². The molecule has 1 aliphatic rings. The fraction of sp³-hybridized carbons (Fsp3) is 0.833. The van der Waals surface area contributed by atoms with Gasteiger partial charge in [-0.25, -0.2) is 4.79 Å². The molecule has 1 amide bonds. The molecular weight excluding hydrogens is 222 g/mol. The maximum Gasteiger partial charge on any atom is 0.408 e. The highest BCUT2D eigenvalue weighted by Crippen LogP contribution is 2.38. The summed E-state index contributed by atoms with van der Waals surface area (Å²) in [5.74, 6) is -1.48. The van der Waals surface area contributed by atoms with Crippen LogP contribution in [0, 0.1) is 5.92 Å². The van der Waals surface area contributed by atoms with Gasteiger partial charge in [0.2, 0.25) is 0 Å². The average Bonchev–Trinajstić information content (AvgIpc) is 2.07. The molecule has 0 aromatic carbocycles. The Morgan fingerprint density at radius 3 is 2.18 bits per heavy atom. The molecule has 5 heteroatoms. The van der Waals surface area contributed by atoms with Gasteiger partial charge in [-0.05, 0) is 47.0 Å². The molecule has 17 heavy (non-hydrogen) atoms. The molecule has 1 unspecified atom stereocenters. The lowest BCUT2D eigenvalue weighted by atomic mass is 9.68. The van der Waals surface area contributed by atoms with Crippen LogP contribution in [0.2, 0.25) is 0 Å². The summed E-state index contributed by atoms with van der Waals surface area (Å²) in [5, 5.41) is 11.8. The normalized spacial score (nSPS) is 20.0. The van der Waals surface area contributed by atoms with E-state index in [-0.39, 0.29) is 0 Å². The zero-order chi connectivity index (χ0) is 13.3. The molecule has 98 valence electrons. The largest absolute Gasteiger partial charge is 0.481 e. The van der Waals surface area contributed by atoms with Gasteiger partial charge < -0.3 is 15.2 Å². The molecular formula is C12H21NO4.